The van der Waals surface area contributed by atoms with E-state index in [2.05, 4.69) is 28.7 Å². The number of rotatable bonds is 5. The zero-order chi connectivity index (χ0) is 13.7. The molecular weight excluding hydrogens is 262 g/mol. The van der Waals surface area contributed by atoms with E-state index >= 15 is 0 Å². The van der Waals surface area contributed by atoms with E-state index in [4.69, 9.17) is 16.3 Å². The topological polar surface area (TPSA) is 38.2 Å². The molecule has 0 radical (unpaired) electrons. The largest absolute Gasteiger partial charge is 0.477 e. The summed E-state index contributed by atoms with van der Waals surface area (Å²) in [5.74, 6) is 2.15. The predicted octanol–water partition coefficient (Wildman–Crippen LogP) is 3.11. The van der Waals surface area contributed by atoms with Crippen LogP contribution in [0, 0.1) is 5.92 Å². The molecule has 1 saturated heterocycles. The third-order valence-electron chi connectivity index (χ3n) is 3.57. The molecule has 19 heavy (non-hydrogen) atoms. The second-order valence-electron chi connectivity index (χ2n) is 5.07. The van der Waals surface area contributed by atoms with Crippen LogP contribution < -0.4 is 9.64 Å². The van der Waals surface area contributed by atoms with Crippen LogP contribution in [0.25, 0.3) is 0 Å². The van der Waals surface area contributed by atoms with Crippen LogP contribution in [-0.4, -0.2) is 35.0 Å². The molecule has 5 heteroatoms. The van der Waals surface area contributed by atoms with E-state index in [0.717, 1.165) is 38.2 Å². The smallest absolute Gasteiger partial charge is 0.234 e. The molecule has 1 unspecified atom stereocenters. The lowest BCUT2D eigenvalue weighted by Gasteiger charge is -2.33. The monoisotopic (exact) mass is 283 g/mol. The quantitative estimate of drug-likeness (QED) is 0.778. The highest BCUT2D eigenvalue weighted by atomic mass is 35.5. The molecule has 0 amide bonds. The second kappa shape index (κ2) is 6.94. The summed E-state index contributed by atoms with van der Waals surface area (Å²) in [7, 11) is 0. The Morgan fingerprint density at radius 1 is 1.42 bits per heavy atom. The molecule has 1 aliphatic heterocycles. The lowest BCUT2D eigenvalue weighted by atomic mass is 9.94. The van der Waals surface area contributed by atoms with Crippen molar-refractivity contribution in [1.29, 1.82) is 0 Å². The molecule has 1 fully saturated rings. The Kier molecular flexibility index (Phi) is 5.25. The van der Waals surface area contributed by atoms with Gasteiger partial charge in [-0.1, -0.05) is 6.92 Å². The van der Waals surface area contributed by atoms with Gasteiger partial charge in [0, 0.05) is 18.5 Å². The maximum absolute atomic E-state index is 6.17. The molecule has 2 rings (SSSR count). The number of halogens is 1. The van der Waals surface area contributed by atoms with Crippen LogP contribution in [0.5, 0.6) is 5.88 Å². The molecule has 2 heterocycles. The van der Waals surface area contributed by atoms with Crippen LogP contribution in [0.1, 0.15) is 33.1 Å². The van der Waals surface area contributed by atoms with Gasteiger partial charge in [0.1, 0.15) is 0 Å². The SMILES string of the molecule is CCCOc1cncc(N2CCC(C(C)Cl)CC2)n1. The summed E-state index contributed by atoms with van der Waals surface area (Å²) in [6.07, 6.45) is 6.69. The second-order valence-corrected chi connectivity index (χ2v) is 5.75. The summed E-state index contributed by atoms with van der Waals surface area (Å²) < 4.78 is 5.52. The molecule has 0 aliphatic carbocycles. The molecule has 106 valence electrons. The Bertz CT molecular complexity index is 392. The summed E-state index contributed by atoms with van der Waals surface area (Å²) in [4.78, 5) is 11.0. The van der Waals surface area contributed by atoms with Crippen LogP contribution in [0.3, 0.4) is 0 Å². The van der Waals surface area contributed by atoms with Gasteiger partial charge in [0.25, 0.3) is 0 Å². The van der Waals surface area contributed by atoms with Crippen LogP contribution in [0.15, 0.2) is 12.4 Å². The highest BCUT2D eigenvalue weighted by Crippen LogP contribution is 2.26. The van der Waals surface area contributed by atoms with E-state index < -0.39 is 0 Å². The minimum absolute atomic E-state index is 0.257. The number of hydrogen-bond acceptors (Lipinski definition) is 4. The van der Waals surface area contributed by atoms with Gasteiger partial charge in [0.2, 0.25) is 5.88 Å². The van der Waals surface area contributed by atoms with Gasteiger partial charge < -0.3 is 9.64 Å². The Balaban J connectivity index is 1.95. The fourth-order valence-corrected chi connectivity index (χ4v) is 2.61. The fourth-order valence-electron chi connectivity index (χ4n) is 2.35. The Hall–Kier alpha value is -1.03. The lowest BCUT2D eigenvalue weighted by molar-refractivity contribution is 0.303. The Morgan fingerprint density at radius 2 is 2.16 bits per heavy atom. The van der Waals surface area contributed by atoms with Gasteiger partial charge in [0.05, 0.1) is 19.0 Å². The lowest BCUT2D eigenvalue weighted by Crippen LogP contribution is -2.36. The maximum Gasteiger partial charge on any atom is 0.234 e. The van der Waals surface area contributed by atoms with Gasteiger partial charge in [-0.3, -0.25) is 4.98 Å². The van der Waals surface area contributed by atoms with Gasteiger partial charge in [0.15, 0.2) is 5.82 Å². The van der Waals surface area contributed by atoms with Crippen molar-refractivity contribution >= 4 is 17.4 Å². The highest BCUT2D eigenvalue weighted by molar-refractivity contribution is 6.20. The van der Waals surface area contributed by atoms with Crippen molar-refractivity contribution in [1.82, 2.24) is 9.97 Å². The predicted molar refractivity (Wildman–Crippen MR) is 78.1 cm³/mol. The van der Waals surface area contributed by atoms with Crippen LogP contribution in [0.2, 0.25) is 0 Å². The van der Waals surface area contributed by atoms with Crippen LogP contribution in [-0.2, 0) is 0 Å². The van der Waals surface area contributed by atoms with Gasteiger partial charge in [-0.2, -0.15) is 4.98 Å². The average molecular weight is 284 g/mol. The van der Waals surface area contributed by atoms with Crippen molar-refractivity contribution in [3.63, 3.8) is 0 Å². The first-order chi connectivity index (χ1) is 9.20. The Labute approximate surface area is 120 Å². The van der Waals surface area contributed by atoms with Gasteiger partial charge in [-0.05, 0) is 32.1 Å². The van der Waals surface area contributed by atoms with Crippen molar-refractivity contribution in [2.75, 3.05) is 24.6 Å². The number of alkyl halides is 1. The van der Waals surface area contributed by atoms with E-state index in [1.165, 1.54) is 0 Å². The number of piperidine rings is 1. The van der Waals surface area contributed by atoms with E-state index in [0.29, 0.717) is 18.4 Å². The maximum atomic E-state index is 6.17. The van der Waals surface area contributed by atoms with E-state index in [1.807, 2.05) is 6.20 Å². The van der Waals surface area contributed by atoms with Crippen molar-refractivity contribution in [3.8, 4) is 5.88 Å². The summed E-state index contributed by atoms with van der Waals surface area (Å²) in [6.45, 7) is 6.83. The molecule has 1 aromatic rings. The molecule has 0 saturated carbocycles. The normalized spacial score (nSPS) is 18.4. The Morgan fingerprint density at radius 3 is 2.79 bits per heavy atom. The molecule has 0 aromatic carbocycles. The minimum Gasteiger partial charge on any atom is -0.477 e. The molecule has 0 N–H and O–H groups in total. The number of nitrogens with zero attached hydrogens (tertiary/aromatic N) is 3. The first-order valence-corrected chi connectivity index (χ1v) is 7.48. The first kappa shape index (κ1) is 14.4. The van der Waals surface area contributed by atoms with Gasteiger partial charge >= 0.3 is 0 Å². The van der Waals surface area contributed by atoms with Crippen LogP contribution >= 0.6 is 11.6 Å². The zero-order valence-electron chi connectivity index (χ0n) is 11.7. The standard InChI is InChI=1S/C14H22ClN3O/c1-3-8-19-14-10-16-9-13(17-14)18-6-4-12(5-7-18)11(2)15/h9-12H,3-8H2,1-2H3. The van der Waals surface area contributed by atoms with E-state index in [9.17, 15) is 0 Å². The van der Waals surface area contributed by atoms with E-state index in [-0.39, 0.29) is 5.38 Å². The van der Waals surface area contributed by atoms with Gasteiger partial charge in [-0.25, -0.2) is 0 Å². The van der Waals surface area contributed by atoms with Crippen molar-refractivity contribution in [2.24, 2.45) is 5.92 Å². The first-order valence-electron chi connectivity index (χ1n) is 7.04. The van der Waals surface area contributed by atoms with Gasteiger partial charge in [-0.15, -0.1) is 11.6 Å². The average Bonchev–Trinajstić information content (AvgIpc) is 2.45. The molecule has 1 aliphatic rings. The number of anilines is 1. The molecule has 4 nitrogen and oxygen atoms in total. The van der Waals surface area contributed by atoms with Crippen molar-refractivity contribution in [2.45, 2.75) is 38.5 Å². The highest BCUT2D eigenvalue weighted by Gasteiger charge is 2.23. The molecule has 1 aromatic heterocycles. The summed E-state index contributed by atoms with van der Waals surface area (Å²) in [5.41, 5.74) is 0. The zero-order valence-corrected chi connectivity index (χ0v) is 12.4. The summed E-state index contributed by atoms with van der Waals surface area (Å²) >= 11 is 6.17. The third kappa shape index (κ3) is 3.96. The number of hydrogen-bond donors (Lipinski definition) is 0. The third-order valence-corrected chi connectivity index (χ3v) is 3.92. The summed E-state index contributed by atoms with van der Waals surface area (Å²) in [6, 6.07) is 0. The summed E-state index contributed by atoms with van der Waals surface area (Å²) in [5, 5.41) is 0.257. The molecule has 1 atom stereocenters. The number of aromatic nitrogens is 2. The number of ether oxygens (including phenoxy) is 1. The fraction of sp³-hybridized carbons (Fsp3) is 0.714. The molecule has 0 spiro atoms. The van der Waals surface area contributed by atoms with Crippen molar-refractivity contribution < 1.29 is 4.74 Å². The molecule has 0 bridgehead atoms. The van der Waals surface area contributed by atoms with Crippen molar-refractivity contribution in [3.05, 3.63) is 12.4 Å². The van der Waals surface area contributed by atoms with Crippen LogP contribution in [0.4, 0.5) is 5.82 Å². The minimum atomic E-state index is 0.257. The molecular formula is C14H22ClN3O. The van der Waals surface area contributed by atoms with E-state index in [1.54, 1.807) is 6.20 Å².